The molecule has 3 aromatic rings. The third-order valence-electron chi connectivity index (χ3n) is 5.82. The number of anilines is 1. The lowest BCUT2D eigenvalue weighted by Gasteiger charge is -2.32. The van der Waals surface area contributed by atoms with E-state index in [1.54, 1.807) is 61.5 Å². The number of likely N-dealkylation sites (N-methyl/N-ethyl adjacent to an activating group) is 1. The highest BCUT2D eigenvalue weighted by Crippen LogP contribution is 2.27. The first-order chi connectivity index (χ1) is 18.1. The molecule has 0 radical (unpaired) electrons. The van der Waals surface area contributed by atoms with E-state index in [-0.39, 0.29) is 11.4 Å². The first kappa shape index (κ1) is 29.3. The summed E-state index contributed by atoms with van der Waals surface area (Å²) in [6.45, 7) is 3.25. The number of hydrogen-bond donors (Lipinski definition) is 1. The number of rotatable bonds is 11. The summed E-state index contributed by atoms with van der Waals surface area (Å²) in [6, 6.07) is 18.2. The van der Waals surface area contributed by atoms with Crippen LogP contribution in [-0.4, -0.2) is 51.4 Å². The van der Waals surface area contributed by atoms with E-state index < -0.39 is 34.4 Å². The summed E-state index contributed by atoms with van der Waals surface area (Å²) in [5, 5.41) is 3.28. The van der Waals surface area contributed by atoms with Crippen LogP contribution in [0.3, 0.4) is 0 Å². The van der Waals surface area contributed by atoms with Crippen molar-refractivity contribution in [2.75, 3.05) is 24.5 Å². The minimum absolute atomic E-state index is 0.00995. The van der Waals surface area contributed by atoms with Gasteiger partial charge in [0.15, 0.2) is 0 Å². The van der Waals surface area contributed by atoms with E-state index in [1.165, 1.54) is 30.1 Å². The second-order valence-electron chi connectivity index (χ2n) is 8.30. The van der Waals surface area contributed by atoms with Gasteiger partial charge in [0, 0.05) is 23.6 Å². The number of amides is 2. The molecule has 0 saturated heterocycles. The van der Waals surface area contributed by atoms with Crippen LogP contribution in [-0.2, 0) is 26.2 Å². The molecule has 3 aromatic carbocycles. The number of hydrogen-bond acceptors (Lipinski definition) is 5. The molecule has 0 bridgehead atoms. The van der Waals surface area contributed by atoms with E-state index in [9.17, 15) is 18.0 Å². The fourth-order valence-electron chi connectivity index (χ4n) is 3.75. The Morgan fingerprint density at radius 2 is 1.66 bits per heavy atom. The standard InChI is InChI=1S/C27H29Cl2N3O5S/c1-4-37-23-12-14-24(15-13-23)38(35,36)32(22-8-6-5-7-9-22)18-26(33)31(19(2)27(34)30-3)17-20-10-11-21(28)16-25(20)29/h5-16,19H,4,17-18H2,1-3H3,(H,30,34). The monoisotopic (exact) mass is 577 g/mol. The summed E-state index contributed by atoms with van der Waals surface area (Å²) < 4.78 is 34.0. The maximum absolute atomic E-state index is 13.8. The van der Waals surface area contributed by atoms with Crippen molar-refractivity contribution in [1.29, 1.82) is 0 Å². The van der Waals surface area contributed by atoms with Gasteiger partial charge >= 0.3 is 0 Å². The predicted molar refractivity (Wildman–Crippen MR) is 149 cm³/mol. The first-order valence-electron chi connectivity index (χ1n) is 11.8. The van der Waals surface area contributed by atoms with Crippen LogP contribution < -0.4 is 14.4 Å². The predicted octanol–water partition coefficient (Wildman–Crippen LogP) is 4.75. The number of nitrogens with zero attached hydrogens (tertiary/aromatic N) is 2. The van der Waals surface area contributed by atoms with Crippen molar-refractivity contribution in [1.82, 2.24) is 10.2 Å². The lowest BCUT2D eigenvalue weighted by Crippen LogP contribution is -2.50. The molecule has 2 amide bonds. The molecule has 1 atom stereocenters. The summed E-state index contributed by atoms with van der Waals surface area (Å²) in [6.07, 6.45) is 0. The molecule has 0 aliphatic carbocycles. The highest BCUT2D eigenvalue weighted by atomic mass is 35.5. The molecule has 202 valence electrons. The lowest BCUT2D eigenvalue weighted by atomic mass is 10.1. The maximum atomic E-state index is 13.8. The molecule has 1 unspecified atom stereocenters. The Bertz CT molecular complexity index is 1370. The third kappa shape index (κ3) is 6.98. The van der Waals surface area contributed by atoms with E-state index in [1.807, 2.05) is 6.92 Å². The second-order valence-corrected chi connectivity index (χ2v) is 11.0. The zero-order valence-corrected chi connectivity index (χ0v) is 23.6. The van der Waals surface area contributed by atoms with Gasteiger partial charge in [-0.05, 0) is 67.9 Å². The van der Waals surface area contributed by atoms with Gasteiger partial charge in [-0.1, -0.05) is 47.5 Å². The summed E-state index contributed by atoms with van der Waals surface area (Å²) in [5.74, 6) is -0.478. The summed E-state index contributed by atoms with van der Waals surface area (Å²) >= 11 is 12.4. The van der Waals surface area contributed by atoms with E-state index >= 15 is 0 Å². The molecule has 38 heavy (non-hydrogen) atoms. The Hall–Kier alpha value is -3.27. The molecule has 11 heteroatoms. The SMILES string of the molecule is CCOc1ccc(S(=O)(=O)N(CC(=O)N(Cc2ccc(Cl)cc2Cl)C(C)C(=O)NC)c2ccccc2)cc1. The van der Waals surface area contributed by atoms with Gasteiger partial charge in [-0.15, -0.1) is 0 Å². The van der Waals surface area contributed by atoms with Crippen LogP contribution in [0.2, 0.25) is 10.0 Å². The molecule has 1 N–H and O–H groups in total. The average molecular weight is 579 g/mol. The van der Waals surface area contributed by atoms with Crippen LogP contribution in [0.25, 0.3) is 0 Å². The highest BCUT2D eigenvalue weighted by Gasteiger charge is 2.32. The number of carbonyl (C=O) groups excluding carboxylic acids is 2. The third-order valence-corrected chi connectivity index (χ3v) is 8.19. The number of para-hydroxylation sites is 1. The fourth-order valence-corrected chi connectivity index (χ4v) is 5.63. The Morgan fingerprint density at radius 1 is 1.00 bits per heavy atom. The molecule has 0 aliphatic rings. The Labute approximate surface area is 233 Å². The molecular weight excluding hydrogens is 549 g/mol. The molecule has 0 saturated carbocycles. The van der Waals surface area contributed by atoms with Crippen molar-refractivity contribution in [2.24, 2.45) is 0 Å². The van der Waals surface area contributed by atoms with Crippen LogP contribution >= 0.6 is 23.2 Å². The normalized spacial score (nSPS) is 11.9. The van der Waals surface area contributed by atoms with Crippen LogP contribution in [0.1, 0.15) is 19.4 Å². The van der Waals surface area contributed by atoms with E-state index in [2.05, 4.69) is 5.32 Å². The smallest absolute Gasteiger partial charge is 0.264 e. The number of benzene rings is 3. The Balaban J connectivity index is 2.01. The molecule has 0 heterocycles. The largest absolute Gasteiger partial charge is 0.494 e. The molecular formula is C27H29Cl2N3O5S. The van der Waals surface area contributed by atoms with Crippen molar-refractivity contribution in [2.45, 2.75) is 31.3 Å². The van der Waals surface area contributed by atoms with Gasteiger partial charge in [0.2, 0.25) is 11.8 Å². The number of carbonyl (C=O) groups is 2. The van der Waals surface area contributed by atoms with Gasteiger partial charge in [0.05, 0.1) is 17.2 Å². The quantitative estimate of drug-likeness (QED) is 0.354. The minimum atomic E-state index is -4.17. The molecule has 8 nitrogen and oxygen atoms in total. The number of halogens is 2. The zero-order chi connectivity index (χ0) is 27.9. The van der Waals surface area contributed by atoms with E-state index in [0.717, 1.165) is 4.31 Å². The van der Waals surface area contributed by atoms with Crippen LogP contribution in [0.15, 0.2) is 77.7 Å². The van der Waals surface area contributed by atoms with Gasteiger partial charge in [0.25, 0.3) is 10.0 Å². The second kappa shape index (κ2) is 13.0. The minimum Gasteiger partial charge on any atom is -0.494 e. The zero-order valence-electron chi connectivity index (χ0n) is 21.2. The molecule has 3 rings (SSSR count). The molecule has 0 spiro atoms. The van der Waals surface area contributed by atoms with Crippen LogP contribution in [0, 0.1) is 0 Å². The molecule has 0 fully saturated rings. The number of ether oxygens (including phenoxy) is 1. The van der Waals surface area contributed by atoms with E-state index in [4.69, 9.17) is 27.9 Å². The summed E-state index contributed by atoms with van der Waals surface area (Å²) in [7, 11) is -2.70. The molecule has 0 aliphatic heterocycles. The fraction of sp³-hybridized carbons (Fsp3) is 0.259. The molecule has 0 aromatic heterocycles. The van der Waals surface area contributed by atoms with Crippen molar-refractivity contribution in [3.05, 3.63) is 88.4 Å². The van der Waals surface area contributed by atoms with Crippen molar-refractivity contribution < 1.29 is 22.7 Å². The van der Waals surface area contributed by atoms with Gasteiger partial charge in [-0.25, -0.2) is 8.42 Å². The topological polar surface area (TPSA) is 96.0 Å². The van der Waals surface area contributed by atoms with Crippen molar-refractivity contribution in [3.63, 3.8) is 0 Å². The van der Waals surface area contributed by atoms with Gasteiger partial charge in [-0.3, -0.25) is 13.9 Å². The van der Waals surface area contributed by atoms with Gasteiger partial charge in [-0.2, -0.15) is 0 Å². The lowest BCUT2D eigenvalue weighted by molar-refractivity contribution is -0.139. The summed E-state index contributed by atoms with van der Waals surface area (Å²) in [4.78, 5) is 27.6. The maximum Gasteiger partial charge on any atom is 0.264 e. The summed E-state index contributed by atoms with van der Waals surface area (Å²) in [5.41, 5.74) is 0.854. The van der Waals surface area contributed by atoms with Crippen molar-refractivity contribution >= 4 is 50.7 Å². The number of nitrogens with one attached hydrogen (secondary N) is 1. The average Bonchev–Trinajstić information content (AvgIpc) is 2.91. The Morgan fingerprint density at radius 3 is 2.24 bits per heavy atom. The van der Waals surface area contributed by atoms with Crippen molar-refractivity contribution in [3.8, 4) is 5.75 Å². The van der Waals surface area contributed by atoms with Gasteiger partial charge in [0.1, 0.15) is 18.3 Å². The Kier molecular flexibility index (Phi) is 10.0. The first-order valence-corrected chi connectivity index (χ1v) is 14.0. The van der Waals surface area contributed by atoms with Gasteiger partial charge < -0.3 is 15.0 Å². The number of sulfonamides is 1. The van der Waals surface area contributed by atoms with Crippen LogP contribution in [0.5, 0.6) is 5.75 Å². The highest BCUT2D eigenvalue weighted by molar-refractivity contribution is 7.92. The van der Waals surface area contributed by atoms with Crippen LogP contribution in [0.4, 0.5) is 5.69 Å². The van der Waals surface area contributed by atoms with E-state index in [0.29, 0.717) is 33.7 Å².